The van der Waals surface area contributed by atoms with E-state index in [0.29, 0.717) is 6.04 Å². The minimum atomic E-state index is -0.174. The zero-order valence-electron chi connectivity index (χ0n) is 9.52. The lowest BCUT2D eigenvalue weighted by Gasteiger charge is -2.14. The second kappa shape index (κ2) is 6.19. The maximum atomic E-state index is 13.0. The van der Waals surface area contributed by atoms with Gasteiger partial charge in [0.2, 0.25) is 0 Å². The van der Waals surface area contributed by atoms with Crippen molar-refractivity contribution in [2.45, 2.75) is 10.9 Å². The summed E-state index contributed by atoms with van der Waals surface area (Å²) in [4.78, 5) is 0.973. The van der Waals surface area contributed by atoms with Gasteiger partial charge in [-0.15, -0.1) is 11.8 Å². The lowest BCUT2D eigenvalue weighted by molar-refractivity contribution is 0.624. The molecular weight excluding hydrogens is 253 g/mol. The number of hydrogen-bond acceptors (Lipinski definition) is 3. The average Bonchev–Trinajstić information content (AvgIpc) is 2.84. The molecule has 0 fully saturated rings. The first-order valence-electron chi connectivity index (χ1n) is 5.37. The third kappa shape index (κ3) is 3.56. The van der Waals surface area contributed by atoms with E-state index in [4.69, 9.17) is 0 Å². The molecule has 1 atom stereocenters. The molecule has 1 aromatic carbocycles. The van der Waals surface area contributed by atoms with Crippen LogP contribution in [0.5, 0.6) is 0 Å². The van der Waals surface area contributed by atoms with Crippen molar-refractivity contribution in [3.8, 4) is 0 Å². The first-order valence-corrected chi connectivity index (χ1v) is 7.30. The summed E-state index contributed by atoms with van der Waals surface area (Å²) in [7, 11) is 1.95. The van der Waals surface area contributed by atoms with Gasteiger partial charge in [0.15, 0.2) is 0 Å². The molecule has 1 heterocycles. The van der Waals surface area contributed by atoms with Crippen LogP contribution in [0.4, 0.5) is 4.39 Å². The Morgan fingerprint density at radius 3 is 2.94 bits per heavy atom. The fourth-order valence-electron chi connectivity index (χ4n) is 1.56. The summed E-state index contributed by atoms with van der Waals surface area (Å²) in [5.74, 6) is 0.725. The maximum absolute atomic E-state index is 13.0. The summed E-state index contributed by atoms with van der Waals surface area (Å²) in [6.07, 6.45) is 0. The molecule has 2 rings (SSSR count). The summed E-state index contributed by atoms with van der Waals surface area (Å²) in [6, 6.07) is 9.17. The van der Waals surface area contributed by atoms with Crippen molar-refractivity contribution >= 4 is 23.1 Å². The molecule has 0 amide bonds. The van der Waals surface area contributed by atoms with Crippen molar-refractivity contribution in [1.82, 2.24) is 5.32 Å². The number of rotatable bonds is 5. The van der Waals surface area contributed by atoms with Gasteiger partial charge in [-0.3, -0.25) is 0 Å². The monoisotopic (exact) mass is 267 g/mol. The van der Waals surface area contributed by atoms with Crippen LogP contribution in [-0.2, 0) is 0 Å². The molecule has 1 N–H and O–H groups in total. The topological polar surface area (TPSA) is 12.0 Å². The van der Waals surface area contributed by atoms with E-state index in [2.05, 4.69) is 22.1 Å². The van der Waals surface area contributed by atoms with Crippen LogP contribution in [0.3, 0.4) is 0 Å². The normalized spacial score (nSPS) is 12.6. The fourth-order valence-corrected chi connectivity index (χ4v) is 3.36. The molecule has 0 aliphatic heterocycles. The highest BCUT2D eigenvalue weighted by atomic mass is 32.2. The maximum Gasteiger partial charge on any atom is 0.124 e. The molecule has 1 unspecified atom stereocenters. The van der Waals surface area contributed by atoms with Crippen LogP contribution in [0, 0.1) is 5.82 Å². The molecule has 2 aromatic rings. The lowest BCUT2D eigenvalue weighted by Crippen LogP contribution is -2.17. The van der Waals surface area contributed by atoms with E-state index in [1.807, 2.05) is 13.1 Å². The second-order valence-corrected chi connectivity index (χ2v) is 5.54. The van der Waals surface area contributed by atoms with Gasteiger partial charge in [0, 0.05) is 16.7 Å². The van der Waals surface area contributed by atoms with Crippen LogP contribution in [0.15, 0.2) is 46.0 Å². The van der Waals surface area contributed by atoms with Crippen molar-refractivity contribution in [3.63, 3.8) is 0 Å². The third-order valence-corrected chi connectivity index (χ3v) is 4.30. The molecule has 0 saturated heterocycles. The van der Waals surface area contributed by atoms with Gasteiger partial charge in [0.25, 0.3) is 0 Å². The Kier molecular flexibility index (Phi) is 4.59. The quantitative estimate of drug-likeness (QED) is 0.824. The molecule has 1 aromatic heterocycles. The van der Waals surface area contributed by atoms with Gasteiger partial charge in [-0.1, -0.05) is 6.07 Å². The number of thiophene rings is 1. The summed E-state index contributed by atoms with van der Waals surface area (Å²) >= 11 is 3.37. The van der Waals surface area contributed by atoms with Crippen LogP contribution < -0.4 is 5.32 Å². The van der Waals surface area contributed by atoms with Crippen LogP contribution in [0.25, 0.3) is 0 Å². The number of thioether (sulfide) groups is 1. The highest BCUT2D eigenvalue weighted by Gasteiger charge is 2.10. The second-order valence-electron chi connectivity index (χ2n) is 3.67. The van der Waals surface area contributed by atoms with Gasteiger partial charge in [-0.2, -0.15) is 11.3 Å². The van der Waals surface area contributed by atoms with E-state index in [1.165, 1.54) is 11.6 Å². The van der Waals surface area contributed by atoms with Crippen molar-refractivity contribution < 1.29 is 4.39 Å². The van der Waals surface area contributed by atoms with Crippen molar-refractivity contribution in [1.29, 1.82) is 0 Å². The van der Waals surface area contributed by atoms with Crippen LogP contribution >= 0.6 is 23.1 Å². The van der Waals surface area contributed by atoms with Crippen LogP contribution in [0.1, 0.15) is 11.6 Å². The predicted molar refractivity (Wildman–Crippen MR) is 73.2 cm³/mol. The van der Waals surface area contributed by atoms with E-state index in [0.717, 1.165) is 10.6 Å². The van der Waals surface area contributed by atoms with Gasteiger partial charge in [-0.05, 0) is 47.6 Å². The zero-order valence-corrected chi connectivity index (χ0v) is 11.2. The van der Waals surface area contributed by atoms with Crippen LogP contribution in [-0.4, -0.2) is 12.8 Å². The Bertz CT molecular complexity index is 456. The molecule has 0 spiro atoms. The molecule has 4 heteroatoms. The average molecular weight is 267 g/mol. The minimum Gasteiger partial charge on any atom is -0.312 e. The van der Waals surface area contributed by atoms with Gasteiger partial charge < -0.3 is 5.32 Å². The number of benzene rings is 1. The fraction of sp³-hybridized carbons (Fsp3) is 0.231. The van der Waals surface area contributed by atoms with E-state index in [1.54, 1.807) is 35.2 Å². The first-order chi connectivity index (χ1) is 8.29. The molecule has 90 valence electrons. The van der Waals surface area contributed by atoms with Crippen molar-refractivity contribution in [2.24, 2.45) is 0 Å². The van der Waals surface area contributed by atoms with Gasteiger partial charge in [0.05, 0.1) is 0 Å². The largest absolute Gasteiger partial charge is 0.312 e. The smallest absolute Gasteiger partial charge is 0.124 e. The van der Waals surface area contributed by atoms with Crippen molar-refractivity contribution in [2.75, 3.05) is 12.8 Å². The molecule has 0 aliphatic rings. The SMILES string of the molecule is CNC(CSc1cccc(F)c1)c1ccsc1. The molecule has 0 aliphatic carbocycles. The highest BCUT2D eigenvalue weighted by molar-refractivity contribution is 7.99. The number of hydrogen-bond donors (Lipinski definition) is 1. The molecule has 1 nitrogen and oxygen atoms in total. The van der Waals surface area contributed by atoms with Crippen molar-refractivity contribution in [3.05, 3.63) is 52.5 Å². The molecule has 17 heavy (non-hydrogen) atoms. The van der Waals surface area contributed by atoms with Gasteiger partial charge in [0.1, 0.15) is 5.82 Å². The summed E-state index contributed by atoms with van der Waals surface area (Å²) in [5, 5.41) is 7.50. The first kappa shape index (κ1) is 12.6. The molecule has 0 saturated carbocycles. The Morgan fingerprint density at radius 1 is 1.41 bits per heavy atom. The Morgan fingerprint density at radius 2 is 2.29 bits per heavy atom. The zero-order chi connectivity index (χ0) is 12.1. The predicted octanol–water partition coefficient (Wildman–Crippen LogP) is 3.94. The van der Waals surface area contributed by atoms with E-state index < -0.39 is 0 Å². The Labute approximate surface area is 109 Å². The summed E-state index contributed by atoms with van der Waals surface area (Å²) in [5.41, 5.74) is 1.29. The number of halogens is 1. The molecule has 0 bridgehead atoms. The minimum absolute atomic E-state index is 0.174. The highest BCUT2D eigenvalue weighted by Crippen LogP contribution is 2.26. The Hall–Kier alpha value is -0.840. The Balaban J connectivity index is 1.97. The molecule has 0 radical (unpaired) electrons. The van der Waals surface area contributed by atoms with Gasteiger partial charge in [-0.25, -0.2) is 4.39 Å². The van der Waals surface area contributed by atoms with E-state index >= 15 is 0 Å². The molecular formula is C13H14FNS2. The lowest BCUT2D eigenvalue weighted by atomic mass is 10.2. The summed E-state index contributed by atoms with van der Waals surface area (Å²) < 4.78 is 13.0. The number of nitrogens with one attached hydrogen (secondary N) is 1. The van der Waals surface area contributed by atoms with E-state index in [-0.39, 0.29) is 5.82 Å². The standard InChI is InChI=1S/C13H14FNS2/c1-15-13(10-5-6-16-8-10)9-17-12-4-2-3-11(14)7-12/h2-8,13,15H,9H2,1H3. The van der Waals surface area contributed by atoms with E-state index in [9.17, 15) is 4.39 Å². The third-order valence-electron chi connectivity index (χ3n) is 2.51. The van der Waals surface area contributed by atoms with Crippen LogP contribution in [0.2, 0.25) is 0 Å². The summed E-state index contributed by atoms with van der Waals surface area (Å²) in [6.45, 7) is 0. The van der Waals surface area contributed by atoms with Gasteiger partial charge >= 0.3 is 0 Å².